The molecule has 1 amide bonds. The van der Waals surface area contributed by atoms with Crippen molar-refractivity contribution in [1.29, 1.82) is 0 Å². The molecule has 12 heteroatoms. The van der Waals surface area contributed by atoms with Gasteiger partial charge in [-0.25, -0.2) is 8.42 Å². The molecule has 2 heterocycles. The van der Waals surface area contributed by atoms with Crippen molar-refractivity contribution in [1.82, 2.24) is 14.4 Å². The Bertz CT molecular complexity index is 1010. The van der Waals surface area contributed by atoms with Gasteiger partial charge in [-0.05, 0) is 26.0 Å². The summed E-state index contributed by atoms with van der Waals surface area (Å²) in [5, 5.41) is 3.68. The monoisotopic (exact) mass is 445 g/mol. The largest absolute Gasteiger partial charge is 0.493 e. The van der Waals surface area contributed by atoms with Crippen LogP contribution in [0.1, 0.15) is 21.8 Å². The van der Waals surface area contributed by atoms with Crippen LogP contribution in [-0.4, -0.2) is 68.6 Å². The van der Waals surface area contributed by atoms with E-state index in [4.69, 9.17) is 9.26 Å². The molecule has 0 N–H and O–H groups in total. The predicted molar refractivity (Wildman–Crippen MR) is 100 cm³/mol. The van der Waals surface area contributed by atoms with Crippen LogP contribution in [0, 0.1) is 13.8 Å². The molecule has 0 unspecified atom stereocenters. The third-order valence-electron chi connectivity index (χ3n) is 4.73. The smallest absolute Gasteiger partial charge is 0.387 e. The lowest BCUT2D eigenvalue weighted by molar-refractivity contribution is -0.0516. The highest BCUT2D eigenvalue weighted by atomic mass is 32.2. The zero-order chi connectivity index (χ0) is 22.1. The van der Waals surface area contributed by atoms with Crippen molar-refractivity contribution in [2.75, 3.05) is 33.3 Å². The van der Waals surface area contributed by atoms with Crippen molar-refractivity contribution in [2.45, 2.75) is 25.4 Å². The Morgan fingerprint density at radius 2 is 1.87 bits per heavy atom. The molecule has 0 radical (unpaired) electrons. The van der Waals surface area contributed by atoms with Gasteiger partial charge in [0.1, 0.15) is 10.6 Å². The van der Waals surface area contributed by atoms with E-state index in [0.29, 0.717) is 0 Å². The number of methoxy groups -OCH3 is 1. The fraction of sp³-hybridized carbons (Fsp3) is 0.444. The third kappa shape index (κ3) is 4.10. The molecule has 3 rings (SSSR count). The van der Waals surface area contributed by atoms with Crippen molar-refractivity contribution in [3.05, 3.63) is 35.2 Å². The molecule has 9 nitrogen and oxygen atoms in total. The summed E-state index contributed by atoms with van der Waals surface area (Å²) < 4.78 is 67.1. The topological polar surface area (TPSA) is 102 Å². The molecule has 2 aromatic rings. The first-order chi connectivity index (χ1) is 14.2. The number of alkyl halides is 2. The second-order valence-electron chi connectivity index (χ2n) is 6.57. The highest BCUT2D eigenvalue weighted by Crippen LogP contribution is 2.33. The van der Waals surface area contributed by atoms with Crippen molar-refractivity contribution in [3.63, 3.8) is 0 Å². The number of aromatic nitrogens is 1. The standard InChI is InChI=1S/C18H21F2N3O6S/c1-11-16(12(2)29-21-11)30(25,26)23-9-7-22(8-10-23)17(24)13-5-4-6-14(27-3)15(13)28-18(19)20/h4-6,18H,7-10H2,1-3H3. The van der Waals surface area contributed by atoms with Gasteiger partial charge in [-0.1, -0.05) is 11.2 Å². The second kappa shape index (κ2) is 8.56. The van der Waals surface area contributed by atoms with Gasteiger partial charge >= 0.3 is 6.61 Å². The number of aryl methyl sites for hydroxylation is 2. The molecule has 1 aromatic heterocycles. The van der Waals surface area contributed by atoms with Gasteiger partial charge in [-0.3, -0.25) is 4.79 Å². The molecule has 1 aliphatic heterocycles. The van der Waals surface area contributed by atoms with Gasteiger partial charge < -0.3 is 18.9 Å². The highest BCUT2D eigenvalue weighted by Gasteiger charge is 2.35. The van der Waals surface area contributed by atoms with E-state index >= 15 is 0 Å². The summed E-state index contributed by atoms with van der Waals surface area (Å²) in [7, 11) is -2.56. The van der Waals surface area contributed by atoms with E-state index in [9.17, 15) is 22.0 Å². The summed E-state index contributed by atoms with van der Waals surface area (Å²) in [6.45, 7) is 0.140. The molecule has 1 aromatic carbocycles. The van der Waals surface area contributed by atoms with E-state index in [1.165, 1.54) is 48.4 Å². The maximum atomic E-state index is 12.9. The number of hydrogen-bond donors (Lipinski definition) is 0. The number of rotatable bonds is 6. The third-order valence-corrected chi connectivity index (χ3v) is 6.87. The number of piperazine rings is 1. The number of carbonyl (C=O) groups is 1. The Balaban J connectivity index is 1.78. The zero-order valence-electron chi connectivity index (χ0n) is 16.6. The zero-order valence-corrected chi connectivity index (χ0v) is 17.4. The Labute approximate surface area is 172 Å². The molecule has 0 atom stereocenters. The summed E-state index contributed by atoms with van der Waals surface area (Å²) in [6, 6.07) is 4.25. The van der Waals surface area contributed by atoms with E-state index in [-0.39, 0.29) is 59.6 Å². The minimum absolute atomic E-state index is 0.000715. The van der Waals surface area contributed by atoms with Crippen molar-refractivity contribution in [2.24, 2.45) is 0 Å². The number of para-hydroxylation sites is 1. The van der Waals surface area contributed by atoms with E-state index < -0.39 is 22.5 Å². The molecular formula is C18H21F2N3O6S. The maximum absolute atomic E-state index is 12.9. The lowest BCUT2D eigenvalue weighted by Gasteiger charge is -2.34. The number of hydrogen-bond acceptors (Lipinski definition) is 7. The molecular weight excluding hydrogens is 424 g/mol. The van der Waals surface area contributed by atoms with Crippen LogP contribution in [0.4, 0.5) is 8.78 Å². The molecule has 0 bridgehead atoms. The van der Waals surface area contributed by atoms with E-state index in [0.717, 1.165) is 0 Å². The number of carbonyl (C=O) groups excluding carboxylic acids is 1. The Kier molecular flexibility index (Phi) is 6.27. The van der Waals surface area contributed by atoms with Gasteiger partial charge in [0.25, 0.3) is 5.91 Å². The van der Waals surface area contributed by atoms with Crippen LogP contribution in [0.2, 0.25) is 0 Å². The first-order valence-electron chi connectivity index (χ1n) is 9.01. The first kappa shape index (κ1) is 22.0. The number of benzene rings is 1. The molecule has 0 aliphatic carbocycles. The van der Waals surface area contributed by atoms with Crippen LogP contribution in [0.5, 0.6) is 11.5 Å². The number of nitrogens with zero attached hydrogens (tertiary/aromatic N) is 3. The summed E-state index contributed by atoms with van der Waals surface area (Å²) in [5.41, 5.74) is 0.174. The number of sulfonamides is 1. The lowest BCUT2D eigenvalue weighted by atomic mass is 10.1. The van der Waals surface area contributed by atoms with E-state index in [1.807, 2.05) is 0 Å². The van der Waals surface area contributed by atoms with Crippen LogP contribution in [0.3, 0.4) is 0 Å². The van der Waals surface area contributed by atoms with Crippen LogP contribution in [-0.2, 0) is 10.0 Å². The lowest BCUT2D eigenvalue weighted by Crippen LogP contribution is -2.50. The molecule has 0 saturated carbocycles. The maximum Gasteiger partial charge on any atom is 0.387 e. The molecule has 0 spiro atoms. The average molecular weight is 445 g/mol. The number of halogens is 2. The first-order valence-corrected chi connectivity index (χ1v) is 10.4. The SMILES string of the molecule is COc1cccc(C(=O)N2CCN(S(=O)(=O)c3c(C)noc3C)CC2)c1OC(F)F. The predicted octanol–water partition coefficient (Wildman–Crippen LogP) is 2.05. The Morgan fingerprint density at radius 1 is 1.20 bits per heavy atom. The highest BCUT2D eigenvalue weighted by molar-refractivity contribution is 7.89. The fourth-order valence-electron chi connectivity index (χ4n) is 3.33. The summed E-state index contributed by atoms with van der Waals surface area (Å²) in [4.78, 5) is 14.3. The summed E-state index contributed by atoms with van der Waals surface area (Å²) in [5.74, 6) is -0.721. The molecule has 30 heavy (non-hydrogen) atoms. The van der Waals surface area contributed by atoms with Crippen LogP contribution in [0.15, 0.2) is 27.6 Å². The van der Waals surface area contributed by atoms with Gasteiger partial charge in [0, 0.05) is 26.2 Å². The quantitative estimate of drug-likeness (QED) is 0.671. The van der Waals surface area contributed by atoms with Gasteiger partial charge in [0.2, 0.25) is 10.0 Å². The minimum Gasteiger partial charge on any atom is -0.493 e. The van der Waals surface area contributed by atoms with Crippen LogP contribution >= 0.6 is 0 Å². The normalized spacial score (nSPS) is 15.5. The fourth-order valence-corrected chi connectivity index (χ4v) is 5.04. The summed E-state index contributed by atoms with van der Waals surface area (Å²) >= 11 is 0. The number of ether oxygens (including phenoxy) is 2. The number of amides is 1. The van der Waals surface area contributed by atoms with Crippen LogP contribution in [0.25, 0.3) is 0 Å². The Morgan fingerprint density at radius 3 is 2.40 bits per heavy atom. The van der Waals surface area contributed by atoms with Gasteiger partial charge in [-0.15, -0.1) is 0 Å². The summed E-state index contributed by atoms with van der Waals surface area (Å²) in [6.07, 6.45) is 0. The second-order valence-corrected chi connectivity index (χ2v) is 8.44. The van der Waals surface area contributed by atoms with E-state index in [2.05, 4.69) is 9.89 Å². The van der Waals surface area contributed by atoms with Crippen molar-refractivity contribution >= 4 is 15.9 Å². The minimum atomic E-state index is -3.83. The van der Waals surface area contributed by atoms with Gasteiger partial charge in [0.05, 0.1) is 12.7 Å². The Hall–Kier alpha value is -2.73. The molecule has 164 valence electrons. The molecule has 1 aliphatic rings. The van der Waals surface area contributed by atoms with Gasteiger partial charge in [-0.2, -0.15) is 13.1 Å². The van der Waals surface area contributed by atoms with Crippen LogP contribution < -0.4 is 9.47 Å². The molecule has 1 fully saturated rings. The van der Waals surface area contributed by atoms with Crippen molar-refractivity contribution < 1.29 is 36.0 Å². The van der Waals surface area contributed by atoms with Gasteiger partial charge in [0.15, 0.2) is 17.3 Å². The molecule has 1 saturated heterocycles. The van der Waals surface area contributed by atoms with E-state index in [1.54, 1.807) is 0 Å². The average Bonchev–Trinajstić information content (AvgIpc) is 3.06. The van der Waals surface area contributed by atoms with Crippen molar-refractivity contribution in [3.8, 4) is 11.5 Å².